The molecule has 1 atom stereocenters. The molecule has 0 saturated heterocycles. The normalized spacial score (nSPS) is 13.1. The van der Waals surface area contributed by atoms with Crippen LogP contribution in [-0.4, -0.2) is 23.4 Å². The minimum Gasteiger partial charge on any atom is -0.396 e. The number of aliphatic hydroxyl groups is 2. The summed E-state index contributed by atoms with van der Waals surface area (Å²) in [7, 11) is 0. The van der Waals surface area contributed by atoms with E-state index in [0.717, 1.165) is 25.7 Å². The van der Waals surface area contributed by atoms with E-state index in [-0.39, 0.29) is 6.61 Å². The Morgan fingerprint density at radius 2 is 1.50 bits per heavy atom. The highest BCUT2D eigenvalue weighted by Gasteiger charge is 2.06. The molecule has 0 amide bonds. The molecule has 0 fully saturated rings. The minimum atomic E-state index is 0.286. The lowest BCUT2D eigenvalue weighted by Gasteiger charge is -2.13. The molecule has 0 rings (SSSR count). The van der Waals surface area contributed by atoms with Gasteiger partial charge in [-0.2, -0.15) is 0 Å². The fraction of sp³-hybridized carbons (Fsp3) is 1.00. The highest BCUT2D eigenvalue weighted by Crippen LogP contribution is 2.16. The maximum Gasteiger partial charge on any atom is 0.0459 e. The van der Waals surface area contributed by atoms with Crippen molar-refractivity contribution in [3.05, 3.63) is 0 Å². The average molecular weight is 202 g/mol. The van der Waals surface area contributed by atoms with Crippen LogP contribution in [0, 0.1) is 5.92 Å². The van der Waals surface area contributed by atoms with Crippen LogP contribution in [0.4, 0.5) is 0 Å². The topological polar surface area (TPSA) is 40.5 Å². The molecular weight excluding hydrogens is 176 g/mol. The van der Waals surface area contributed by atoms with Crippen LogP contribution in [0.15, 0.2) is 0 Å². The SMILES string of the molecule is CCCCCCC(CO)CCCCO. The van der Waals surface area contributed by atoms with Crippen LogP contribution in [0.25, 0.3) is 0 Å². The van der Waals surface area contributed by atoms with E-state index in [9.17, 15) is 0 Å². The van der Waals surface area contributed by atoms with Crippen LogP contribution in [0.1, 0.15) is 58.3 Å². The first-order chi connectivity index (χ1) is 6.85. The van der Waals surface area contributed by atoms with Crippen LogP contribution in [0.5, 0.6) is 0 Å². The van der Waals surface area contributed by atoms with Crippen molar-refractivity contribution in [2.45, 2.75) is 58.3 Å². The van der Waals surface area contributed by atoms with E-state index in [1.807, 2.05) is 0 Å². The van der Waals surface area contributed by atoms with Crippen LogP contribution in [-0.2, 0) is 0 Å². The molecule has 0 spiro atoms. The van der Waals surface area contributed by atoms with E-state index >= 15 is 0 Å². The second-order valence-electron chi connectivity index (χ2n) is 4.12. The van der Waals surface area contributed by atoms with Crippen LogP contribution in [0.3, 0.4) is 0 Å². The lowest BCUT2D eigenvalue weighted by atomic mass is 9.96. The lowest BCUT2D eigenvalue weighted by molar-refractivity contribution is 0.199. The Morgan fingerprint density at radius 1 is 0.857 bits per heavy atom. The average Bonchev–Trinajstić information content (AvgIpc) is 2.22. The van der Waals surface area contributed by atoms with Gasteiger partial charge in [-0.25, -0.2) is 0 Å². The highest BCUT2D eigenvalue weighted by molar-refractivity contribution is 4.58. The fourth-order valence-electron chi connectivity index (χ4n) is 1.73. The molecule has 0 aromatic rings. The molecule has 2 N–H and O–H groups in total. The van der Waals surface area contributed by atoms with Crippen molar-refractivity contribution in [3.8, 4) is 0 Å². The summed E-state index contributed by atoms with van der Waals surface area (Å²) in [5.41, 5.74) is 0. The molecule has 0 aliphatic heterocycles. The van der Waals surface area contributed by atoms with Gasteiger partial charge in [-0.1, -0.05) is 39.0 Å². The summed E-state index contributed by atoms with van der Waals surface area (Å²) in [6.45, 7) is 2.82. The third kappa shape index (κ3) is 8.52. The molecule has 0 aliphatic carbocycles. The first-order valence-corrected chi connectivity index (χ1v) is 6.06. The number of aliphatic hydroxyl groups excluding tert-OH is 2. The lowest BCUT2D eigenvalue weighted by Crippen LogP contribution is -2.06. The van der Waals surface area contributed by atoms with Crippen molar-refractivity contribution in [1.29, 1.82) is 0 Å². The van der Waals surface area contributed by atoms with Gasteiger partial charge >= 0.3 is 0 Å². The summed E-state index contributed by atoms with van der Waals surface area (Å²) in [6.07, 6.45) is 9.29. The molecule has 0 bridgehead atoms. The monoisotopic (exact) mass is 202 g/mol. The van der Waals surface area contributed by atoms with Gasteiger partial charge in [-0.3, -0.25) is 0 Å². The molecule has 1 unspecified atom stereocenters. The van der Waals surface area contributed by atoms with Gasteiger partial charge in [-0.05, 0) is 25.2 Å². The number of rotatable bonds is 10. The van der Waals surface area contributed by atoms with Gasteiger partial charge in [0.15, 0.2) is 0 Å². The van der Waals surface area contributed by atoms with Gasteiger partial charge < -0.3 is 10.2 Å². The van der Waals surface area contributed by atoms with Gasteiger partial charge in [0, 0.05) is 13.2 Å². The largest absolute Gasteiger partial charge is 0.396 e. The van der Waals surface area contributed by atoms with Crippen LogP contribution >= 0.6 is 0 Å². The van der Waals surface area contributed by atoms with Crippen molar-refractivity contribution in [2.75, 3.05) is 13.2 Å². The standard InChI is InChI=1S/C12H26O2/c1-2-3-4-5-8-12(11-14)9-6-7-10-13/h12-14H,2-11H2,1H3. The molecular formula is C12H26O2. The van der Waals surface area contributed by atoms with Crippen molar-refractivity contribution in [2.24, 2.45) is 5.92 Å². The third-order valence-corrected chi connectivity index (χ3v) is 2.74. The summed E-state index contributed by atoms with van der Waals surface area (Å²) in [5.74, 6) is 0.471. The van der Waals surface area contributed by atoms with E-state index in [0.29, 0.717) is 12.5 Å². The maximum absolute atomic E-state index is 9.12. The van der Waals surface area contributed by atoms with Gasteiger partial charge in [0.2, 0.25) is 0 Å². The molecule has 0 radical (unpaired) electrons. The van der Waals surface area contributed by atoms with E-state index in [4.69, 9.17) is 10.2 Å². The van der Waals surface area contributed by atoms with Crippen LogP contribution < -0.4 is 0 Å². The van der Waals surface area contributed by atoms with Crippen molar-refractivity contribution in [3.63, 3.8) is 0 Å². The van der Waals surface area contributed by atoms with E-state index in [2.05, 4.69) is 6.92 Å². The van der Waals surface area contributed by atoms with E-state index < -0.39 is 0 Å². The Bertz CT molecular complexity index is 104. The summed E-state index contributed by atoms with van der Waals surface area (Å²) < 4.78 is 0. The van der Waals surface area contributed by atoms with Gasteiger partial charge in [0.25, 0.3) is 0 Å². The van der Waals surface area contributed by atoms with E-state index in [1.165, 1.54) is 25.7 Å². The van der Waals surface area contributed by atoms with Crippen molar-refractivity contribution < 1.29 is 10.2 Å². The Labute approximate surface area is 88.3 Å². The van der Waals surface area contributed by atoms with Gasteiger partial charge in [-0.15, -0.1) is 0 Å². The predicted molar refractivity (Wildman–Crippen MR) is 60.3 cm³/mol. The summed E-state index contributed by atoms with van der Waals surface area (Å²) in [4.78, 5) is 0. The zero-order chi connectivity index (χ0) is 10.6. The molecule has 0 saturated carbocycles. The smallest absolute Gasteiger partial charge is 0.0459 e. The Hall–Kier alpha value is -0.0800. The molecule has 2 nitrogen and oxygen atoms in total. The summed E-state index contributed by atoms with van der Waals surface area (Å²) in [5, 5.41) is 17.8. The molecule has 0 aromatic carbocycles. The zero-order valence-corrected chi connectivity index (χ0v) is 9.54. The second-order valence-corrected chi connectivity index (χ2v) is 4.12. The van der Waals surface area contributed by atoms with Gasteiger partial charge in [0.05, 0.1) is 0 Å². The third-order valence-electron chi connectivity index (χ3n) is 2.74. The summed E-state index contributed by atoms with van der Waals surface area (Å²) >= 11 is 0. The first-order valence-electron chi connectivity index (χ1n) is 6.06. The molecule has 0 aliphatic rings. The number of hydrogen-bond donors (Lipinski definition) is 2. The van der Waals surface area contributed by atoms with E-state index in [1.54, 1.807) is 0 Å². The van der Waals surface area contributed by atoms with Crippen LogP contribution in [0.2, 0.25) is 0 Å². The zero-order valence-electron chi connectivity index (χ0n) is 9.54. The minimum absolute atomic E-state index is 0.286. The summed E-state index contributed by atoms with van der Waals surface area (Å²) in [6, 6.07) is 0. The predicted octanol–water partition coefficient (Wildman–Crippen LogP) is 2.73. The molecule has 0 aromatic heterocycles. The Morgan fingerprint density at radius 3 is 2.00 bits per heavy atom. The molecule has 0 heterocycles. The fourth-order valence-corrected chi connectivity index (χ4v) is 1.73. The quantitative estimate of drug-likeness (QED) is 0.535. The van der Waals surface area contributed by atoms with Crippen molar-refractivity contribution >= 4 is 0 Å². The second kappa shape index (κ2) is 11.0. The molecule has 2 heteroatoms. The van der Waals surface area contributed by atoms with Gasteiger partial charge in [0.1, 0.15) is 0 Å². The Kier molecular flexibility index (Phi) is 10.9. The highest BCUT2D eigenvalue weighted by atomic mass is 16.3. The maximum atomic E-state index is 9.12. The first kappa shape index (κ1) is 13.9. The molecule has 86 valence electrons. The number of hydrogen-bond acceptors (Lipinski definition) is 2. The Balaban J connectivity index is 3.28. The van der Waals surface area contributed by atoms with Crippen molar-refractivity contribution in [1.82, 2.24) is 0 Å². The number of unbranched alkanes of at least 4 members (excludes halogenated alkanes) is 4. The molecule has 14 heavy (non-hydrogen) atoms.